The van der Waals surface area contributed by atoms with Gasteiger partial charge in [0.05, 0.1) is 5.75 Å². The highest BCUT2D eigenvalue weighted by Crippen LogP contribution is 2.29. The zero-order valence-electron chi connectivity index (χ0n) is 11.0. The van der Waals surface area contributed by atoms with Crippen molar-refractivity contribution in [2.24, 2.45) is 0 Å². The molecule has 0 aliphatic carbocycles. The van der Waals surface area contributed by atoms with Gasteiger partial charge in [-0.15, -0.1) is 11.3 Å². The van der Waals surface area contributed by atoms with Crippen LogP contribution in [-0.4, -0.2) is 27.8 Å². The number of nitrogens with one attached hydrogen (secondary N) is 2. The van der Waals surface area contributed by atoms with E-state index in [9.17, 15) is 8.42 Å². The molecule has 0 bridgehead atoms. The zero-order chi connectivity index (χ0) is 13.9. The molecule has 4 nitrogen and oxygen atoms in total. The van der Waals surface area contributed by atoms with E-state index in [4.69, 9.17) is 0 Å². The highest BCUT2D eigenvalue weighted by Gasteiger charge is 2.11. The Morgan fingerprint density at radius 3 is 2.74 bits per heavy atom. The van der Waals surface area contributed by atoms with Gasteiger partial charge in [0.2, 0.25) is 10.0 Å². The molecule has 0 saturated heterocycles. The van der Waals surface area contributed by atoms with Crippen molar-refractivity contribution in [2.45, 2.75) is 13.0 Å². The van der Waals surface area contributed by atoms with E-state index in [-0.39, 0.29) is 11.8 Å². The predicted octanol–water partition coefficient (Wildman–Crippen LogP) is 2.10. The summed E-state index contributed by atoms with van der Waals surface area (Å²) in [5.74, 6) is 0.0960. The first kappa shape index (κ1) is 14.5. The first-order valence-corrected chi connectivity index (χ1v) is 8.62. The summed E-state index contributed by atoms with van der Waals surface area (Å²) in [5.41, 5.74) is 0. The molecule has 1 aromatic carbocycles. The second-order valence-electron chi connectivity index (χ2n) is 4.39. The number of sulfonamides is 1. The maximum Gasteiger partial charge on any atom is 0.212 e. The van der Waals surface area contributed by atoms with Gasteiger partial charge in [-0.25, -0.2) is 13.1 Å². The molecule has 1 heterocycles. The fraction of sp³-hybridized carbons (Fsp3) is 0.385. The van der Waals surface area contributed by atoms with Crippen LogP contribution < -0.4 is 10.0 Å². The van der Waals surface area contributed by atoms with Gasteiger partial charge in [-0.1, -0.05) is 18.2 Å². The minimum absolute atomic E-state index is 0.0960. The summed E-state index contributed by atoms with van der Waals surface area (Å²) in [4.78, 5) is 1.23. The standard InChI is InChI=1S/C13H18N2O2S2/c1-10(15-7-8-19(16,17)14-2)13-9-11-5-3-4-6-12(11)18-13/h3-6,9-10,14-15H,7-8H2,1-2H3/t10-/m0/s1. The van der Waals surface area contributed by atoms with Crippen LogP contribution in [0.3, 0.4) is 0 Å². The highest BCUT2D eigenvalue weighted by molar-refractivity contribution is 7.89. The number of rotatable bonds is 6. The Morgan fingerprint density at radius 1 is 1.32 bits per heavy atom. The fourth-order valence-electron chi connectivity index (χ4n) is 1.83. The van der Waals surface area contributed by atoms with E-state index in [2.05, 4.69) is 35.2 Å². The average Bonchev–Trinajstić information content (AvgIpc) is 2.82. The van der Waals surface area contributed by atoms with Gasteiger partial charge < -0.3 is 5.32 Å². The molecule has 19 heavy (non-hydrogen) atoms. The summed E-state index contributed by atoms with van der Waals surface area (Å²) in [5, 5.41) is 4.48. The van der Waals surface area contributed by atoms with Crippen LogP contribution in [-0.2, 0) is 10.0 Å². The first-order chi connectivity index (χ1) is 9.02. The summed E-state index contributed by atoms with van der Waals surface area (Å²) in [6.07, 6.45) is 0. The van der Waals surface area contributed by atoms with Crippen LogP contribution in [0.2, 0.25) is 0 Å². The van der Waals surface area contributed by atoms with Gasteiger partial charge in [-0.05, 0) is 31.5 Å². The molecule has 6 heteroatoms. The monoisotopic (exact) mass is 298 g/mol. The van der Waals surface area contributed by atoms with Crippen LogP contribution in [0.1, 0.15) is 17.8 Å². The minimum atomic E-state index is -3.13. The Kier molecular flexibility index (Phi) is 4.57. The molecule has 0 aliphatic rings. The van der Waals surface area contributed by atoms with Crippen molar-refractivity contribution in [1.29, 1.82) is 0 Å². The average molecular weight is 298 g/mol. The number of benzene rings is 1. The number of hydrogen-bond acceptors (Lipinski definition) is 4. The Hall–Kier alpha value is -0.950. The molecule has 0 saturated carbocycles. The third-order valence-electron chi connectivity index (χ3n) is 3.00. The topological polar surface area (TPSA) is 58.2 Å². The summed E-state index contributed by atoms with van der Waals surface area (Å²) < 4.78 is 26.2. The fourth-order valence-corrected chi connectivity index (χ4v) is 3.51. The Morgan fingerprint density at radius 2 is 2.05 bits per heavy atom. The van der Waals surface area contributed by atoms with Crippen molar-refractivity contribution in [3.8, 4) is 0 Å². The Bertz CT molecular complexity index is 616. The lowest BCUT2D eigenvalue weighted by atomic mass is 10.2. The van der Waals surface area contributed by atoms with Crippen LogP contribution in [0.25, 0.3) is 10.1 Å². The van der Waals surface area contributed by atoms with Crippen molar-refractivity contribution in [2.75, 3.05) is 19.3 Å². The molecule has 1 atom stereocenters. The van der Waals surface area contributed by atoms with Crippen LogP contribution in [0.4, 0.5) is 0 Å². The lowest BCUT2D eigenvalue weighted by Crippen LogP contribution is -2.30. The highest BCUT2D eigenvalue weighted by atomic mass is 32.2. The predicted molar refractivity (Wildman–Crippen MR) is 81.1 cm³/mol. The van der Waals surface area contributed by atoms with Gasteiger partial charge in [-0.2, -0.15) is 0 Å². The second-order valence-corrected chi connectivity index (χ2v) is 7.55. The van der Waals surface area contributed by atoms with Crippen molar-refractivity contribution in [1.82, 2.24) is 10.0 Å². The van der Waals surface area contributed by atoms with E-state index >= 15 is 0 Å². The molecular weight excluding hydrogens is 280 g/mol. The lowest BCUT2D eigenvalue weighted by Gasteiger charge is -2.11. The van der Waals surface area contributed by atoms with Gasteiger partial charge >= 0.3 is 0 Å². The summed E-state index contributed by atoms with van der Waals surface area (Å²) in [6, 6.07) is 10.6. The van der Waals surface area contributed by atoms with E-state index < -0.39 is 10.0 Å². The van der Waals surface area contributed by atoms with E-state index in [1.807, 2.05) is 12.1 Å². The lowest BCUT2D eigenvalue weighted by molar-refractivity contribution is 0.570. The van der Waals surface area contributed by atoms with Gasteiger partial charge in [0.15, 0.2) is 0 Å². The van der Waals surface area contributed by atoms with E-state index in [1.165, 1.54) is 22.0 Å². The first-order valence-electron chi connectivity index (χ1n) is 6.15. The number of fused-ring (bicyclic) bond motifs is 1. The molecule has 1 aromatic heterocycles. The molecule has 2 N–H and O–H groups in total. The SMILES string of the molecule is CNS(=O)(=O)CCN[C@@H](C)c1cc2ccccc2s1. The summed E-state index contributed by atoms with van der Waals surface area (Å²) in [6.45, 7) is 2.50. The maximum atomic E-state index is 11.3. The van der Waals surface area contributed by atoms with E-state index in [0.29, 0.717) is 6.54 Å². The van der Waals surface area contributed by atoms with Crippen molar-refractivity contribution < 1.29 is 8.42 Å². The molecule has 0 fully saturated rings. The second kappa shape index (κ2) is 6.00. The van der Waals surface area contributed by atoms with Gasteiger partial charge in [0.25, 0.3) is 0 Å². The van der Waals surface area contributed by atoms with Crippen molar-refractivity contribution >= 4 is 31.4 Å². The number of thiophene rings is 1. The maximum absolute atomic E-state index is 11.3. The third-order valence-corrected chi connectivity index (χ3v) is 5.67. The van der Waals surface area contributed by atoms with Crippen LogP contribution in [0.5, 0.6) is 0 Å². The molecule has 0 unspecified atom stereocenters. The van der Waals surface area contributed by atoms with E-state index in [1.54, 1.807) is 11.3 Å². The quantitative estimate of drug-likeness (QED) is 0.858. The minimum Gasteiger partial charge on any atom is -0.308 e. The molecular formula is C13H18N2O2S2. The smallest absolute Gasteiger partial charge is 0.212 e. The zero-order valence-corrected chi connectivity index (χ0v) is 12.6. The molecule has 104 valence electrons. The van der Waals surface area contributed by atoms with Crippen LogP contribution in [0, 0.1) is 0 Å². The van der Waals surface area contributed by atoms with Crippen LogP contribution >= 0.6 is 11.3 Å². The molecule has 0 amide bonds. The number of hydrogen-bond donors (Lipinski definition) is 2. The third kappa shape index (κ3) is 3.76. The summed E-state index contributed by atoms with van der Waals surface area (Å²) in [7, 11) is -1.70. The Balaban J connectivity index is 1.98. The van der Waals surface area contributed by atoms with Crippen LogP contribution in [0.15, 0.2) is 30.3 Å². The van der Waals surface area contributed by atoms with Gasteiger partial charge in [0.1, 0.15) is 0 Å². The molecule has 2 aromatic rings. The summed E-state index contributed by atoms with van der Waals surface area (Å²) >= 11 is 1.74. The molecule has 0 spiro atoms. The Labute approximate surface area is 117 Å². The van der Waals surface area contributed by atoms with Gasteiger partial charge in [0, 0.05) is 22.2 Å². The van der Waals surface area contributed by atoms with E-state index in [0.717, 1.165) is 0 Å². The largest absolute Gasteiger partial charge is 0.308 e. The molecule has 0 radical (unpaired) electrons. The molecule has 2 rings (SSSR count). The van der Waals surface area contributed by atoms with Crippen molar-refractivity contribution in [3.63, 3.8) is 0 Å². The molecule has 0 aliphatic heterocycles. The van der Waals surface area contributed by atoms with Crippen molar-refractivity contribution in [3.05, 3.63) is 35.2 Å². The normalized spacial score (nSPS) is 13.8. The van der Waals surface area contributed by atoms with Gasteiger partial charge in [-0.3, -0.25) is 0 Å².